The summed E-state index contributed by atoms with van der Waals surface area (Å²) in [6.07, 6.45) is 1.99. The van der Waals surface area contributed by atoms with E-state index in [1.807, 2.05) is 36.0 Å². The molecule has 3 heteroatoms. The second kappa shape index (κ2) is 3.91. The molecule has 0 saturated carbocycles. The first kappa shape index (κ1) is 10.2. The molecule has 0 atom stereocenters. The van der Waals surface area contributed by atoms with Gasteiger partial charge in [0.1, 0.15) is 12.8 Å². The van der Waals surface area contributed by atoms with Crippen LogP contribution in [0, 0.1) is 0 Å². The molecule has 2 aromatic rings. The normalized spacial score (nSPS) is 9.62. The van der Waals surface area contributed by atoms with Gasteiger partial charge in [0.15, 0.2) is 6.20 Å². The average Bonchev–Trinajstić information content (AvgIpc) is 2.04. The molecule has 0 amide bonds. The lowest BCUT2D eigenvalue weighted by Crippen LogP contribution is -3.00. The summed E-state index contributed by atoms with van der Waals surface area (Å²) in [5, 5.41) is 10.3. The fourth-order valence-electron chi connectivity index (χ4n) is 1.35. The smallest absolute Gasteiger partial charge is 0.212 e. The Bertz CT molecular complexity index is 428. The van der Waals surface area contributed by atoms with E-state index in [4.69, 9.17) is 0 Å². The van der Waals surface area contributed by atoms with E-state index >= 15 is 0 Å². The maximum absolute atomic E-state index is 9.21. The van der Waals surface area contributed by atoms with E-state index in [0.29, 0.717) is 5.75 Å². The van der Waals surface area contributed by atoms with Crippen LogP contribution in [0.15, 0.2) is 36.5 Å². The highest BCUT2D eigenvalue weighted by atomic mass is 127. The molecule has 13 heavy (non-hydrogen) atoms. The first-order valence-electron chi connectivity index (χ1n) is 3.85. The molecular formula is C10H10INO. The Labute approximate surface area is 93.8 Å². The topological polar surface area (TPSA) is 24.1 Å². The number of aryl methyl sites for hydroxylation is 1. The van der Waals surface area contributed by atoms with Crippen LogP contribution in [0.3, 0.4) is 0 Å². The lowest BCUT2D eigenvalue weighted by molar-refractivity contribution is -0.644. The summed E-state index contributed by atoms with van der Waals surface area (Å²) in [5.41, 5.74) is 1.12. The summed E-state index contributed by atoms with van der Waals surface area (Å²) in [6, 6.07) is 9.30. The van der Waals surface area contributed by atoms with Gasteiger partial charge < -0.3 is 29.1 Å². The van der Waals surface area contributed by atoms with E-state index in [1.54, 1.807) is 12.1 Å². The maximum atomic E-state index is 9.21. The second-order valence-corrected chi connectivity index (χ2v) is 2.86. The van der Waals surface area contributed by atoms with Crippen molar-refractivity contribution >= 4 is 10.9 Å². The van der Waals surface area contributed by atoms with Crippen LogP contribution in [0.5, 0.6) is 5.75 Å². The van der Waals surface area contributed by atoms with Crippen molar-refractivity contribution in [2.45, 2.75) is 0 Å². The van der Waals surface area contributed by atoms with Gasteiger partial charge in [-0.25, -0.2) is 4.57 Å². The van der Waals surface area contributed by atoms with Gasteiger partial charge in [0.25, 0.3) is 0 Å². The molecule has 0 aliphatic carbocycles. The van der Waals surface area contributed by atoms with Crippen LogP contribution >= 0.6 is 0 Å². The molecule has 0 radical (unpaired) electrons. The molecule has 1 aromatic carbocycles. The zero-order valence-corrected chi connectivity index (χ0v) is 9.39. The van der Waals surface area contributed by atoms with Gasteiger partial charge in [-0.1, -0.05) is 0 Å². The fraction of sp³-hybridized carbons (Fsp3) is 0.100. The molecule has 1 heterocycles. The van der Waals surface area contributed by atoms with Gasteiger partial charge in [-0.2, -0.15) is 0 Å². The largest absolute Gasteiger partial charge is 1.00 e. The van der Waals surface area contributed by atoms with Gasteiger partial charge in [-0.15, -0.1) is 0 Å². The molecule has 0 unspecified atom stereocenters. The van der Waals surface area contributed by atoms with Crippen LogP contribution in [-0.2, 0) is 7.05 Å². The van der Waals surface area contributed by atoms with Crippen LogP contribution < -0.4 is 28.5 Å². The Balaban J connectivity index is 0.000000845. The van der Waals surface area contributed by atoms with Gasteiger partial charge >= 0.3 is 0 Å². The third-order valence-corrected chi connectivity index (χ3v) is 1.98. The van der Waals surface area contributed by atoms with E-state index in [-0.39, 0.29) is 24.0 Å². The summed E-state index contributed by atoms with van der Waals surface area (Å²) in [5.74, 6) is 0.314. The standard InChI is InChI=1S/C10H9NO.HI/c1-11-6-2-3-8-7-9(12)4-5-10(8)11;/h2-7H,1H3;1H. The van der Waals surface area contributed by atoms with Crippen molar-refractivity contribution in [3.05, 3.63) is 36.5 Å². The molecule has 0 aliphatic rings. The van der Waals surface area contributed by atoms with Gasteiger partial charge in [0.2, 0.25) is 5.52 Å². The zero-order chi connectivity index (χ0) is 8.55. The Morgan fingerprint density at radius 2 is 2.00 bits per heavy atom. The maximum Gasteiger partial charge on any atom is 0.212 e. The van der Waals surface area contributed by atoms with E-state index in [1.165, 1.54) is 0 Å². The Kier molecular flexibility index (Phi) is 3.08. The highest BCUT2D eigenvalue weighted by Crippen LogP contribution is 2.15. The SMILES string of the molecule is C[n+]1cccc2cc(O)ccc21.[I-]. The number of halogens is 1. The van der Waals surface area contributed by atoms with E-state index in [9.17, 15) is 5.11 Å². The van der Waals surface area contributed by atoms with Crippen molar-refractivity contribution in [2.75, 3.05) is 0 Å². The molecule has 0 bridgehead atoms. The number of phenolic OH excluding ortho intramolecular Hbond substituents is 1. The van der Waals surface area contributed by atoms with Crippen molar-refractivity contribution < 1.29 is 33.7 Å². The van der Waals surface area contributed by atoms with Gasteiger partial charge in [0, 0.05) is 17.5 Å². The summed E-state index contributed by atoms with van der Waals surface area (Å²) in [4.78, 5) is 0. The fourth-order valence-corrected chi connectivity index (χ4v) is 1.35. The van der Waals surface area contributed by atoms with Crippen molar-refractivity contribution in [1.29, 1.82) is 0 Å². The van der Waals surface area contributed by atoms with Gasteiger partial charge in [-0.05, 0) is 18.2 Å². The number of nitrogens with zero attached hydrogens (tertiary/aromatic N) is 1. The van der Waals surface area contributed by atoms with Crippen molar-refractivity contribution in [1.82, 2.24) is 0 Å². The van der Waals surface area contributed by atoms with Gasteiger partial charge in [0.05, 0.1) is 0 Å². The molecule has 0 fully saturated rings. The Morgan fingerprint density at radius 1 is 1.23 bits per heavy atom. The number of hydrogen-bond acceptors (Lipinski definition) is 1. The Hall–Kier alpha value is -0.840. The van der Waals surface area contributed by atoms with E-state index < -0.39 is 0 Å². The zero-order valence-electron chi connectivity index (χ0n) is 7.24. The number of hydrogen-bond donors (Lipinski definition) is 1. The molecule has 68 valence electrons. The minimum Gasteiger partial charge on any atom is -1.00 e. The molecule has 0 spiro atoms. The average molecular weight is 287 g/mol. The molecule has 2 rings (SSSR count). The third kappa shape index (κ3) is 1.91. The lowest BCUT2D eigenvalue weighted by Gasteiger charge is -1.95. The molecule has 1 N–H and O–H groups in total. The predicted molar refractivity (Wildman–Crippen MR) is 46.8 cm³/mol. The van der Waals surface area contributed by atoms with Crippen LogP contribution in [0.2, 0.25) is 0 Å². The second-order valence-electron chi connectivity index (χ2n) is 2.86. The number of rotatable bonds is 0. The number of benzene rings is 1. The predicted octanol–water partition coefficient (Wildman–Crippen LogP) is -1.63. The van der Waals surface area contributed by atoms with Crippen LogP contribution in [0.25, 0.3) is 10.9 Å². The minimum absolute atomic E-state index is 0. The number of phenols is 1. The molecule has 2 nitrogen and oxygen atoms in total. The first-order valence-corrected chi connectivity index (χ1v) is 3.85. The number of aromatic nitrogens is 1. The van der Waals surface area contributed by atoms with Crippen LogP contribution in [-0.4, -0.2) is 5.11 Å². The van der Waals surface area contributed by atoms with Crippen molar-refractivity contribution in [2.24, 2.45) is 7.05 Å². The van der Waals surface area contributed by atoms with E-state index in [0.717, 1.165) is 10.9 Å². The molecule has 0 aliphatic heterocycles. The lowest BCUT2D eigenvalue weighted by atomic mass is 10.2. The highest BCUT2D eigenvalue weighted by molar-refractivity contribution is 5.76. The van der Waals surface area contributed by atoms with Crippen molar-refractivity contribution in [3.63, 3.8) is 0 Å². The summed E-state index contributed by atoms with van der Waals surface area (Å²) in [6.45, 7) is 0. The molecule has 1 aromatic heterocycles. The molecule has 0 saturated heterocycles. The summed E-state index contributed by atoms with van der Waals surface area (Å²) >= 11 is 0. The quantitative estimate of drug-likeness (QED) is 0.457. The molecular weight excluding hydrogens is 277 g/mol. The summed E-state index contributed by atoms with van der Waals surface area (Å²) < 4.78 is 2.02. The third-order valence-electron chi connectivity index (χ3n) is 1.98. The van der Waals surface area contributed by atoms with Gasteiger partial charge in [-0.3, -0.25) is 0 Å². The first-order chi connectivity index (χ1) is 5.77. The minimum atomic E-state index is 0. The Morgan fingerprint density at radius 3 is 2.77 bits per heavy atom. The highest BCUT2D eigenvalue weighted by Gasteiger charge is 2.02. The summed E-state index contributed by atoms with van der Waals surface area (Å²) in [7, 11) is 1.99. The van der Waals surface area contributed by atoms with E-state index in [2.05, 4.69) is 0 Å². The van der Waals surface area contributed by atoms with Crippen LogP contribution in [0.4, 0.5) is 0 Å². The monoisotopic (exact) mass is 287 g/mol. The number of fused-ring (bicyclic) bond motifs is 1. The number of pyridine rings is 1. The van der Waals surface area contributed by atoms with Crippen LogP contribution in [0.1, 0.15) is 0 Å². The van der Waals surface area contributed by atoms with Crippen molar-refractivity contribution in [3.8, 4) is 5.75 Å². The number of aromatic hydroxyl groups is 1.